The van der Waals surface area contributed by atoms with Gasteiger partial charge in [0, 0.05) is 31.6 Å². The average Bonchev–Trinajstić information content (AvgIpc) is 2.84. The van der Waals surface area contributed by atoms with Crippen LogP contribution in [0.25, 0.3) is 0 Å². The van der Waals surface area contributed by atoms with E-state index >= 15 is 0 Å². The van der Waals surface area contributed by atoms with Crippen molar-refractivity contribution in [2.75, 3.05) is 13.2 Å². The van der Waals surface area contributed by atoms with Crippen molar-refractivity contribution < 1.29 is 4.74 Å². The lowest BCUT2D eigenvalue weighted by Crippen LogP contribution is -2.09. The molecular formula is C12H20N2OS. The zero-order valence-electron chi connectivity index (χ0n) is 10.0. The molecule has 0 saturated carbocycles. The molecule has 1 atom stereocenters. The number of imidazole rings is 1. The lowest BCUT2D eigenvalue weighted by Gasteiger charge is -2.13. The van der Waals surface area contributed by atoms with Gasteiger partial charge < -0.3 is 14.3 Å². The van der Waals surface area contributed by atoms with Gasteiger partial charge in [0.2, 0.25) is 0 Å². The van der Waals surface area contributed by atoms with E-state index in [0.29, 0.717) is 5.92 Å². The summed E-state index contributed by atoms with van der Waals surface area (Å²) in [7, 11) is 0. The van der Waals surface area contributed by atoms with Crippen LogP contribution >= 0.6 is 12.2 Å². The van der Waals surface area contributed by atoms with Gasteiger partial charge in [-0.2, -0.15) is 0 Å². The summed E-state index contributed by atoms with van der Waals surface area (Å²) in [5.74, 6) is 1.24. The molecule has 2 heterocycles. The van der Waals surface area contributed by atoms with E-state index in [1.165, 1.54) is 18.5 Å². The smallest absolute Gasteiger partial charge is 0.177 e. The Hall–Kier alpha value is -0.610. The molecule has 1 aromatic rings. The van der Waals surface area contributed by atoms with Crippen molar-refractivity contribution in [3.05, 3.63) is 16.7 Å². The largest absolute Gasteiger partial charge is 0.381 e. The van der Waals surface area contributed by atoms with Gasteiger partial charge in [-0.3, -0.25) is 0 Å². The van der Waals surface area contributed by atoms with E-state index in [9.17, 15) is 0 Å². The van der Waals surface area contributed by atoms with E-state index in [4.69, 9.17) is 17.0 Å². The number of aromatic nitrogens is 2. The highest BCUT2D eigenvalue weighted by Gasteiger charge is 2.16. The Labute approximate surface area is 102 Å². The normalized spacial score (nSPS) is 20.8. The summed E-state index contributed by atoms with van der Waals surface area (Å²) in [5, 5.41) is 0. The maximum atomic E-state index is 5.39. The van der Waals surface area contributed by atoms with Crippen molar-refractivity contribution >= 4 is 12.2 Å². The molecule has 16 heavy (non-hydrogen) atoms. The molecule has 90 valence electrons. The summed E-state index contributed by atoms with van der Waals surface area (Å²) in [6.07, 6.45) is 4.42. The topological polar surface area (TPSA) is 29.9 Å². The fourth-order valence-electron chi connectivity index (χ4n) is 2.24. The predicted molar refractivity (Wildman–Crippen MR) is 67.2 cm³/mol. The molecule has 1 aliphatic heterocycles. The first-order valence-corrected chi connectivity index (χ1v) is 6.45. The van der Waals surface area contributed by atoms with Crippen LogP contribution in [-0.2, 0) is 11.3 Å². The highest BCUT2D eigenvalue weighted by molar-refractivity contribution is 7.71. The third-order valence-electron chi connectivity index (χ3n) is 3.28. The van der Waals surface area contributed by atoms with Crippen molar-refractivity contribution in [3.8, 4) is 0 Å². The highest BCUT2D eigenvalue weighted by Crippen LogP contribution is 2.20. The number of aromatic amines is 1. The van der Waals surface area contributed by atoms with Crippen molar-refractivity contribution in [2.24, 2.45) is 5.92 Å². The van der Waals surface area contributed by atoms with Gasteiger partial charge in [0.15, 0.2) is 4.77 Å². The monoisotopic (exact) mass is 240 g/mol. The van der Waals surface area contributed by atoms with Crippen LogP contribution in [0, 0.1) is 10.7 Å². The van der Waals surface area contributed by atoms with E-state index in [2.05, 4.69) is 23.4 Å². The number of hydrogen-bond acceptors (Lipinski definition) is 2. The fraction of sp³-hybridized carbons (Fsp3) is 0.750. The Balaban J connectivity index is 2.02. The molecule has 0 aliphatic carbocycles. The first-order valence-electron chi connectivity index (χ1n) is 6.04. The van der Waals surface area contributed by atoms with Crippen LogP contribution in [0.3, 0.4) is 0 Å². The number of ether oxygens (including phenoxy) is 1. The van der Waals surface area contributed by atoms with Crippen molar-refractivity contribution in [2.45, 2.75) is 39.2 Å². The summed E-state index contributed by atoms with van der Waals surface area (Å²) >= 11 is 5.31. The summed E-state index contributed by atoms with van der Waals surface area (Å²) in [5.41, 5.74) is 1.31. The van der Waals surface area contributed by atoms with Crippen LogP contribution in [0.5, 0.6) is 0 Å². The second kappa shape index (κ2) is 5.15. The average molecular weight is 240 g/mol. The van der Waals surface area contributed by atoms with Crippen molar-refractivity contribution in [3.63, 3.8) is 0 Å². The molecular weight excluding hydrogens is 220 g/mol. The van der Waals surface area contributed by atoms with Gasteiger partial charge in [-0.15, -0.1) is 0 Å². The molecule has 2 rings (SSSR count). The molecule has 0 bridgehead atoms. The summed E-state index contributed by atoms with van der Waals surface area (Å²) in [6.45, 7) is 7.28. The van der Waals surface area contributed by atoms with E-state index in [-0.39, 0.29) is 0 Å². The maximum absolute atomic E-state index is 5.39. The molecule has 4 heteroatoms. The lowest BCUT2D eigenvalue weighted by molar-refractivity contribution is 0.183. The summed E-state index contributed by atoms with van der Waals surface area (Å²) in [4.78, 5) is 3.14. The van der Waals surface area contributed by atoms with Crippen LogP contribution in [0.4, 0.5) is 0 Å². The first-order chi connectivity index (χ1) is 7.68. The van der Waals surface area contributed by atoms with E-state index in [0.717, 1.165) is 30.4 Å². The maximum Gasteiger partial charge on any atom is 0.177 e. The number of H-pyrrole nitrogens is 1. The van der Waals surface area contributed by atoms with Crippen LogP contribution in [0.15, 0.2) is 6.20 Å². The SMILES string of the molecule is CC(C)c1c[nH]c(=S)n1CCC1CCOC1. The molecule has 1 fully saturated rings. The second-order valence-corrected chi connectivity index (χ2v) is 5.23. The van der Waals surface area contributed by atoms with Gasteiger partial charge in [-0.25, -0.2) is 0 Å². The van der Waals surface area contributed by atoms with Gasteiger partial charge >= 0.3 is 0 Å². The molecule has 0 aromatic carbocycles. The third-order valence-corrected chi connectivity index (χ3v) is 3.62. The second-order valence-electron chi connectivity index (χ2n) is 4.84. The van der Waals surface area contributed by atoms with E-state index < -0.39 is 0 Å². The Morgan fingerprint density at radius 1 is 1.62 bits per heavy atom. The van der Waals surface area contributed by atoms with Gasteiger partial charge in [0.1, 0.15) is 0 Å². The third kappa shape index (κ3) is 2.55. The summed E-state index contributed by atoms with van der Waals surface area (Å²) in [6, 6.07) is 0. The number of nitrogens with zero attached hydrogens (tertiary/aromatic N) is 1. The van der Waals surface area contributed by atoms with Crippen LogP contribution < -0.4 is 0 Å². The minimum Gasteiger partial charge on any atom is -0.381 e. The highest BCUT2D eigenvalue weighted by atomic mass is 32.1. The van der Waals surface area contributed by atoms with Crippen LogP contribution in [-0.4, -0.2) is 22.8 Å². The lowest BCUT2D eigenvalue weighted by atomic mass is 10.0. The van der Waals surface area contributed by atoms with Crippen LogP contribution in [0.1, 0.15) is 38.3 Å². The number of hydrogen-bond donors (Lipinski definition) is 1. The zero-order chi connectivity index (χ0) is 11.5. The van der Waals surface area contributed by atoms with Crippen molar-refractivity contribution in [1.29, 1.82) is 0 Å². The molecule has 1 aliphatic rings. The Morgan fingerprint density at radius 3 is 3.06 bits per heavy atom. The van der Waals surface area contributed by atoms with Crippen molar-refractivity contribution in [1.82, 2.24) is 9.55 Å². The minimum absolute atomic E-state index is 0.521. The minimum atomic E-state index is 0.521. The summed E-state index contributed by atoms with van der Waals surface area (Å²) < 4.78 is 8.48. The Kier molecular flexibility index (Phi) is 3.82. The molecule has 1 unspecified atom stereocenters. The molecule has 3 nitrogen and oxygen atoms in total. The zero-order valence-corrected chi connectivity index (χ0v) is 10.8. The first kappa shape index (κ1) is 11.9. The standard InChI is InChI=1S/C12H20N2OS/c1-9(2)11-7-13-12(16)14(11)5-3-10-4-6-15-8-10/h7,9-10H,3-6,8H2,1-2H3,(H,13,16). The van der Waals surface area contributed by atoms with E-state index in [1.807, 2.05) is 6.20 Å². The molecule has 1 saturated heterocycles. The van der Waals surface area contributed by atoms with Gasteiger partial charge in [0.25, 0.3) is 0 Å². The number of rotatable bonds is 4. The fourth-order valence-corrected chi connectivity index (χ4v) is 2.50. The van der Waals surface area contributed by atoms with Crippen LogP contribution in [0.2, 0.25) is 0 Å². The number of nitrogens with one attached hydrogen (secondary N) is 1. The van der Waals surface area contributed by atoms with Gasteiger partial charge in [-0.1, -0.05) is 13.8 Å². The van der Waals surface area contributed by atoms with E-state index in [1.54, 1.807) is 0 Å². The predicted octanol–water partition coefficient (Wildman–Crippen LogP) is 3.10. The molecule has 1 N–H and O–H groups in total. The van der Waals surface area contributed by atoms with Gasteiger partial charge in [-0.05, 0) is 36.9 Å². The van der Waals surface area contributed by atoms with Gasteiger partial charge in [0.05, 0.1) is 0 Å². The molecule has 0 spiro atoms. The molecule has 0 radical (unpaired) electrons. The Morgan fingerprint density at radius 2 is 2.44 bits per heavy atom. The molecule has 1 aromatic heterocycles. The Bertz CT molecular complexity index is 388. The quantitative estimate of drug-likeness (QED) is 0.820. The molecule has 0 amide bonds.